The highest BCUT2D eigenvalue weighted by molar-refractivity contribution is 5.71. The highest BCUT2D eigenvalue weighted by atomic mass is 16.6. The number of hydrogen-bond acceptors (Lipinski definition) is 6. The summed E-state index contributed by atoms with van der Waals surface area (Å²) in [5.41, 5.74) is 0. The molecule has 0 rings (SSSR count). The van der Waals surface area contributed by atoms with Crippen molar-refractivity contribution in [3.05, 3.63) is 12.2 Å². The van der Waals surface area contributed by atoms with Crippen LogP contribution in [-0.4, -0.2) is 37.2 Å². The van der Waals surface area contributed by atoms with Crippen molar-refractivity contribution in [2.45, 2.75) is 277 Å². The van der Waals surface area contributed by atoms with Gasteiger partial charge in [-0.15, -0.1) is 0 Å². The SMILES string of the molecule is CCCCCCCC/C=C\CCCCCCCCCC(=O)OCC(COC(=O)CCCCCCCCCCCC)OC(=O)CCCCCCCCCCCCC. The molecule has 0 aliphatic carbocycles. The summed E-state index contributed by atoms with van der Waals surface area (Å²) in [5.74, 6) is -0.861. The summed E-state index contributed by atoms with van der Waals surface area (Å²) in [6, 6.07) is 0. The third kappa shape index (κ3) is 43.3. The molecule has 0 spiro atoms. The molecule has 0 heterocycles. The number of ether oxygens (including phenoxy) is 3. The highest BCUT2D eigenvalue weighted by Crippen LogP contribution is 2.15. The zero-order valence-electron chi connectivity index (χ0n) is 37.7. The number of carbonyl (C=O) groups is 3. The zero-order chi connectivity index (χ0) is 40.8. The second kappa shape index (κ2) is 45.8. The van der Waals surface area contributed by atoms with E-state index in [1.807, 2.05) is 0 Å². The predicted octanol–water partition coefficient (Wildman–Crippen LogP) is 15.8. The quantitative estimate of drug-likeness (QED) is 0.0264. The molecule has 1 atom stereocenters. The fourth-order valence-electron chi connectivity index (χ4n) is 7.26. The molecule has 0 aliphatic heterocycles. The summed E-state index contributed by atoms with van der Waals surface area (Å²) in [4.78, 5) is 37.8. The first kappa shape index (κ1) is 54.2. The van der Waals surface area contributed by atoms with Crippen LogP contribution >= 0.6 is 0 Å². The van der Waals surface area contributed by atoms with Crippen molar-refractivity contribution in [3.63, 3.8) is 0 Å². The van der Waals surface area contributed by atoms with Crippen LogP contribution in [-0.2, 0) is 28.6 Å². The van der Waals surface area contributed by atoms with Gasteiger partial charge in [-0.2, -0.15) is 0 Å². The first-order valence-electron chi connectivity index (χ1n) is 24.7. The summed E-state index contributed by atoms with van der Waals surface area (Å²) >= 11 is 0. The molecule has 0 bridgehead atoms. The molecule has 0 radical (unpaired) electrons. The molecule has 0 aromatic heterocycles. The summed E-state index contributed by atoms with van der Waals surface area (Å²) in [5, 5.41) is 0. The van der Waals surface area contributed by atoms with E-state index in [0.717, 1.165) is 57.8 Å². The van der Waals surface area contributed by atoms with E-state index in [4.69, 9.17) is 14.2 Å². The predicted molar refractivity (Wildman–Crippen MR) is 238 cm³/mol. The van der Waals surface area contributed by atoms with Gasteiger partial charge in [-0.25, -0.2) is 0 Å². The Hall–Kier alpha value is -1.85. The van der Waals surface area contributed by atoms with E-state index < -0.39 is 6.10 Å². The molecule has 0 saturated carbocycles. The molecule has 0 aromatic carbocycles. The van der Waals surface area contributed by atoms with Gasteiger partial charge in [-0.05, 0) is 44.9 Å². The van der Waals surface area contributed by atoms with Gasteiger partial charge in [0, 0.05) is 19.3 Å². The van der Waals surface area contributed by atoms with E-state index in [-0.39, 0.29) is 31.1 Å². The average Bonchev–Trinajstić information content (AvgIpc) is 3.19. The molecule has 6 nitrogen and oxygen atoms in total. The Morgan fingerprint density at radius 1 is 0.339 bits per heavy atom. The highest BCUT2D eigenvalue weighted by Gasteiger charge is 2.19. The van der Waals surface area contributed by atoms with E-state index in [1.165, 1.54) is 173 Å². The molecular formula is C50H94O6. The third-order valence-corrected chi connectivity index (χ3v) is 11.0. The molecule has 330 valence electrons. The molecule has 0 saturated heterocycles. The van der Waals surface area contributed by atoms with Gasteiger partial charge in [0.2, 0.25) is 0 Å². The first-order valence-corrected chi connectivity index (χ1v) is 24.7. The van der Waals surface area contributed by atoms with Gasteiger partial charge in [0.1, 0.15) is 13.2 Å². The fraction of sp³-hybridized carbons (Fsp3) is 0.900. The van der Waals surface area contributed by atoms with Crippen LogP contribution in [0, 0.1) is 0 Å². The second-order valence-corrected chi connectivity index (χ2v) is 16.7. The molecule has 56 heavy (non-hydrogen) atoms. The molecule has 1 unspecified atom stereocenters. The van der Waals surface area contributed by atoms with Gasteiger partial charge in [0.25, 0.3) is 0 Å². The molecule has 0 N–H and O–H groups in total. The fourth-order valence-corrected chi connectivity index (χ4v) is 7.26. The van der Waals surface area contributed by atoms with E-state index >= 15 is 0 Å². The maximum Gasteiger partial charge on any atom is 0.306 e. The lowest BCUT2D eigenvalue weighted by molar-refractivity contribution is -0.167. The molecule has 6 heteroatoms. The summed E-state index contributed by atoms with van der Waals surface area (Å²) < 4.78 is 16.7. The lowest BCUT2D eigenvalue weighted by Crippen LogP contribution is -2.30. The normalized spacial score (nSPS) is 12.0. The van der Waals surface area contributed by atoms with Gasteiger partial charge in [0.05, 0.1) is 0 Å². The molecule has 0 fully saturated rings. The number of unbranched alkanes of at least 4 members (excludes halogenated alkanes) is 32. The van der Waals surface area contributed by atoms with E-state index in [9.17, 15) is 14.4 Å². The third-order valence-electron chi connectivity index (χ3n) is 11.0. The Morgan fingerprint density at radius 3 is 0.893 bits per heavy atom. The minimum Gasteiger partial charge on any atom is -0.462 e. The van der Waals surface area contributed by atoms with Crippen molar-refractivity contribution < 1.29 is 28.6 Å². The van der Waals surface area contributed by atoms with Crippen LogP contribution in [0.2, 0.25) is 0 Å². The maximum absolute atomic E-state index is 12.7. The monoisotopic (exact) mass is 791 g/mol. The molecular weight excluding hydrogens is 697 g/mol. The number of allylic oxidation sites excluding steroid dienone is 2. The summed E-state index contributed by atoms with van der Waals surface area (Å²) in [6.45, 7) is 6.63. The van der Waals surface area contributed by atoms with Crippen molar-refractivity contribution in [3.8, 4) is 0 Å². The Bertz CT molecular complexity index is 870. The van der Waals surface area contributed by atoms with Gasteiger partial charge in [-0.3, -0.25) is 14.4 Å². The van der Waals surface area contributed by atoms with Crippen LogP contribution in [0.4, 0.5) is 0 Å². The Kier molecular flexibility index (Phi) is 44.3. The largest absolute Gasteiger partial charge is 0.462 e. The lowest BCUT2D eigenvalue weighted by Gasteiger charge is -2.18. The van der Waals surface area contributed by atoms with Crippen LogP contribution < -0.4 is 0 Å². The first-order chi connectivity index (χ1) is 27.5. The number of hydrogen-bond donors (Lipinski definition) is 0. The number of rotatable bonds is 45. The van der Waals surface area contributed by atoms with Crippen LogP contribution in [0.1, 0.15) is 271 Å². The van der Waals surface area contributed by atoms with Gasteiger partial charge in [-0.1, -0.05) is 219 Å². The van der Waals surface area contributed by atoms with Crippen LogP contribution in [0.5, 0.6) is 0 Å². The lowest BCUT2D eigenvalue weighted by atomic mass is 10.1. The van der Waals surface area contributed by atoms with Crippen molar-refractivity contribution in [2.24, 2.45) is 0 Å². The van der Waals surface area contributed by atoms with E-state index in [2.05, 4.69) is 32.9 Å². The van der Waals surface area contributed by atoms with Gasteiger partial charge in [0.15, 0.2) is 6.10 Å². The Balaban J connectivity index is 4.28. The van der Waals surface area contributed by atoms with Crippen LogP contribution in [0.3, 0.4) is 0 Å². The van der Waals surface area contributed by atoms with E-state index in [1.54, 1.807) is 0 Å². The van der Waals surface area contributed by atoms with E-state index in [0.29, 0.717) is 19.3 Å². The molecule has 0 amide bonds. The van der Waals surface area contributed by atoms with Crippen molar-refractivity contribution in [1.82, 2.24) is 0 Å². The van der Waals surface area contributed by atoms with Gasteiger partial charge < -0.3 is 14.2 Å². The topological polar surface area (TPSA) is 78.9 Å². The van der Waals surface area contributed by atoms with Gasteiger partial charge >= 0.3 is 17.9 Å². The summed E-state index contributed by atoms with van der Waals surface area (Å²) in [6.07, 6.45) is 49.1. The maximum atomic E-state index is 12.7. The van der Waals surface area contributed by atoms with Crippen LogP contribution in [0.15, 0.2) is 12.2 Å². The smallest absolute Gasteiger partial charge is 0.306 e. The van der Waals surface area contributed by atoms with Crippen molar-refractivity contribution in [2.75, 3.05) is 13.2 Å². The molecule has 0 aromatic rings. The Morgan fingerprint density at radius 2 is 0.589 bits per heavy atom. The standard InChI is InChI=1S/C50H94O6/c1-4-7-10-13-16-19-22-23-24-25-26-27-29-31-34-37-40-43-49(52)55-46-47(45-54-48(51)42-39-36-33-30-21-18-15-12-9-6-3)56-50(53)44-41-38-35-32-28-20-17-14-11-8-5-2/h23-24,47H,4-22,25-46H2,1-3H3/b24-23-. The van der Waals surface area contributed by atoms with Crippen LogP contribution in [0.25, 0.3) is 0 Å². The van der Waals surface area contributed by atoms with Crippen molar-refractivity contribution >= 4 is 17.9 Å². The number of carbonyl (C=O) groups excluding carboxylic acids is 3. The average molecular weight is 791 g/mol. The number of esters is 3. The minimum atomic E-state index is -0.763. The minimum absolute atomic E-state index is 0.0667. The summed E-state index contributed by atoms with van der Waals surface area (Å²) in [7, 11) is 0. The Labute approximate surface area is 348 Å². The zero-order valence-corrected chi connectivity index (χ0v) is 37.7. The second-order valence-electron chi connectivity index (χ2n) is 16.7. The van der Waals surface area contributed by atoms with Crippen molar-refractivity contribution in [1.29, 1.82) is 0 Å². The molecule has 0 aliphatic rings.